The number of pyridine rings is 1. The molecule has 0 radical (unpaired) electrons. The van der Waals surface area contributed by atoms with Gasteiger partial charge in [0.25, 0.3) is 5.91 Å². The second kappa shape index (κ2) is 6.09. The van der Waals surface area contributed by atoms with Gasteiger partial charge in [0.05, 0.1) is 5.56 Å². The topological polar surface area (TPSA) is 106 Å². The molecular formula is C14H21N5O2. The Bertz CT molecular complexity index is 546. The minimum Gasteiger partial charge on any atom is -0.383 e. The average molecular weight is 291 g/mol. The van der Waals surface area contributed by atoms with E-state index in [0.29, 0.717) is 31.2 Å². The van der Waals surface area contributed by atoms with Crippen molar-refractivity contribution < 1.29 is 9.59 Å². The van der Waals surface area contributed by atoms with E-state index in [-0.39, 0.29) is 11.7 Å². The Morgan fingerprint density at radius 1 is 1.38 bits per heavy atom. The minimum atomic E-state index is -0.645. The molecule has 0 aliphatic carbocycles. The highest BCUT2D eigenvalue weighted by molar-refractivity contribution is 6.00. The Balaban J connectivity index is 2.24. The van der Waals surface area contributed by atoms with Crippen molar-refractivity contribution in [1.82, 2.24) is 14.8 Å². The molecule has 7 heteroatoms. The molecule has 2 amide bonds. The summed E-state index contributed by atoms with van der Waals surface area (Å²) in [7, 11) is 0. The van der Waals surface area contributed by atoms with Crippen molar-refractivity contribution >= 4 is 17.6 Å². The van der Waals surface area contributed by atoms with Crippen molar-refractivity contribution in [2.75, 3.05) is 25.4 Å². The van der Waals surface area contributed by atoms with E-state index in [1.807, 2.05) is 0 Å². The predicted octanol–water partition coefficient (Wildman–Crippen LogP) is -0.316. The summed E-state index contributed by atoms with van der Waals surface area (Å²) in [6, 6.07) is 2.91. The van der Waals surface area contributed by atoms with Crippen molar-refractivity contribution in [3.05, 3.63) is 23.9 Å². The maximum absolute atomic E-state index is 12.6. The first-order valence-corrected chi connectivity index (χ1v) is 6.96. The molecule has 4 N–H and O–H groups in total. The van der Waals surface area contributed by atoms with Gasteiger partial charge in [0.15, 0.2) is 0 Å². The van der Waals surface area contributed by atoms with E-state index >= 15 is 0 Å². The van der Waals surface area contributed by atoms with E-state index in [1.165, 1.54) is 11.1 Å². The first-order valence-electron chi connectivity index (χ1n) is 6.96. The van der Waals surface area contributed by atoms with Gasteiger partial charge in [-0.1, -0.05) is 0 Å². The number of carbonyl (C=O) groups is 2. The number of anilines is 1. The van der Waals surface area contributed by atoms with Gasteiger partial charge in [-0.25, -0.2) is 4.98 Å². The average Bonchev–Trinajstić information content (AvgIpc) is 2.46. The van der Waals surface area contributed by atoms with Crippen LogP contribution in [0.2, 0.25) is 0 Å². The Kier molecular flexibility index (Phi) is 4.42. The molecule has 1 fully saturated rings. The molecule has 2 rings (SSSR count). The number of nitrogen functional groups attached to an aromatic ring is 1. The fourth-order valence-electron chi connectivity index (χ4n) is 2.51. The lowest BCUT2D eigenvalue weighted by Crippen LogP contribution is -2.61. The summed E-state index contributed by atoms with van der Waals surface area (Å²) in [6.45, 7) is 5.69. The zero-order valence-corrected chi connectivity index (χ0v) is 12.3. The third-order valence-corrected chi connectivity index (χ3v) is 3.80. The lowest BCUT2D eigenvalue weighted by atomic mass is 10.1. The van der Waals surface area contributed by atoms with Crippen LogP contribution in [-0.4, -0.2) is 58.3 Å². The van der Waals surface area contributed by atoms with Crippen LogP contribution >= 0.6 is 0 Å². The Morgan fingerprint density at radius 3 is 2.67 bits per heavy atom. The molecule has 114 valence electrons. The van der Waals surface area contributed by atoms with Crippen LogP contribution in [0.25, 0.3) is 0 Å². The molecule has 1 aliphatic rings. The summed E-state index contributed by atoms with van der Waals surface area (Å²) in [4.78, 5) is 31.8. The summed E-state index contributed by atoms with van der Waals surface area (Å²) < 4.78 is 0. The van der Waals surface area contributed by atoms with Crippen LogP contribution in [0, 0.1) is 0 Å². The highest BCUT2D eigenvalue weighted by atomic mass is 16.2. The number of aromatic nitrogens is 1. The van der Waals surface area contributed by atoms with Crippen LogP contribution in [0.1, 0.15) is 24.2 Å². The van der Waals surface area contributed by atoms with Gasteiger partial charge in [0.2, 0.25) is 5.91 Å². The van der Waals surface area contributed by atoms with Gasteiger partial charge in [-0.3, -0.25) is 14.5 Å². The third-order valence-electron chi connectivity index (χ3n) is 3.80. The molecule has 0 saturated carbocycles. The van der Waals surface area contributed by atoms with E-state index < -0.39 is 11.9 Å². The minimum absolute atomic E-state index is 0.164. The second-order valence-corrected chi connectivity index (χ2v) is 5.44. The number of hydrogen-bond donors (Lipinski definition) is 2. The number of nitrogens with two attached hydrogens (primary N) is 2. The van der Waals surface area contributed by atoms with Crippen LogP contribution < -0.4 is 11.5 Å². The molecule has 1 aliphatic heterocycles. The number of piperazine rings is 1. The Hall–Kier alpha value is -2.15. The van der Waals surface area contributed by atoms with Crippen molar-refractivity contribution in [2.45, 2.75) is 25.9 Å². The number of hydrogen-bond acceptors (Lipinski definition) is 5. The number of nitrogens with zero attached hydrogens (tertiary/aromatic N) is 3. The van der Waals surface area contributed by atoms with Crippen molar-refractivity contribution in [3.63, 3.8) is 0 Å². The molecule has 1 saturated heterocycles. The van der Waals surface area contributed by atoms with E-state index in [0.717, 1.165) is 0 Å². The molecule has 0 bridgehead atoms. The van der Waals surface area contributed by atoms with E-state index in [2.05, 4.69) is 23.7 Å². The van der Waals surface area contributed by atoms with Crippen LogP contribution in [0.4, 0.5) is 5.82 Å². The summed E-state index contributed by atoms with van der Waals surface area (Å²) in [5.74, 6) is -0.638. The fourth-order valence-corrected chi connectivity index (χ4v) is 2.51. The molecule has 1 atom stereocenters. The molecule has 21 heavy (non-hydrogen) atoms. The molecule has 0 spiro atoms. The first-order chi connectivity index (χ1) is 9.91. The van der Waals surface area contributed by atoms with Gasteiger partial charge in [-0.05, 0) is 26.0 Å². The molecule has 0 aromatic carbocycles. The van der Waals surface area contributed by atoms with Crippen LogP contribution in [0.5, 0.6) is 0 Å². The molecule has 7 nitrogen and oxygen atoms in total. The molecule has 0 unspecified atom stereocenters. The van der Waals surface area contributed by atoms with Gasteiger partial charge in [-0.2, -0.15) is 0 Å². The standard InChI is InChI=1S/C14H21N5O2/c1-9(2)18-6-7-19(11(8-18)13(16)20)14(21)10-4-3-5-17-12(10)15/h3-5,9,11H,6-8H2,1-2H3,(H2,15,17)(H2,16,20)/t11-/m1/s1. The molecule has 2 heterocycles. The Morgan fingerprint density at radius 2 is 2.10 bits per heavy atom. The highest BCUT2D eigenvalue weighted by Crippen LogP contribution is 2.18. The zero-order valence-electron chi connectivity index (χ0n) is 12.3. The monoisotopic (exact) mass is 291 g/mol. The van der Waals surface area contributed by atoms with Gasteiger partial charge >= 0.3 is 0 Å². The summed E-state index contributed by atoms with van der Waals surface area (Å²) in [6.07, 6.45) is 1.52. The van der Waals surface area contributed by atoms with Crippen molar-refractivity contribution in [2.24, 2.45) is 5.73 Å². The zero-order chi connectivity index (χ0) is 15.6. The normalized spacial score (nSPS) is 19.8. The van der Waals surface area contributed by atoms with E-state index in [1.54, 1.807) is 12.1 Å². The summed E-state index contributed by atoms with van der Waals surface area (Å²) in [5.41, 5.74) is 11.5. The highest BCUT2D eigenvalue weighted by Gasteiger charge is 2.35. The van der Waals surface area contributed by atoms with Crippen LogP contribution in [0.3, 0.4) is 0 Å². The predicted molar refractivity (Wildman–Crippen MR) is 79.4 cm³/mol. The molecule has 1 aromatic heterocycles. The maximum atomic E-state index is 12.6. The molecule has 1 aromatic rings. The second-order valence-electron chi connectivity index (χ2n) is 5.44. The van der Waals surface area contributed by atoms with Gasteiger partial charge in [0, 0.05) is 31.9 Å². The lowest BCUT2D eigenvalue weighted by Gasteiger charge is -2.41. The smallest absolute Gasteiger partial charge is 0.258 e. The van der Waals surface area contributed by atoms with Crippen LogP contribution in [-0.2, 0) is 4.79 Å². The number of rotatable bonds is 3. The number of amides is 2. The van der Waals surface area contributed by atoms with E-state index in [4.69, 9.17) is 11.5 Å². The molecular weight excluding hydrogens is 270 g/mol. The van der Waals surface area contributed by atoms with Gasteiger partial charge in [-0.15, -0.1) is 0 Å². The third kappa shape index (κ3) is 3.13. The lowest BCUT2D eigenvalue weighted by molar-refractivity contribution is -0.124. The number of primary amides is 1. The van der Waals surface area contributed by atoms with Crippen molar-refractivity contribution in [3.8, 4) is 0 Å². The quantitative estimate of drug-likeness (QED) is 0.794. The summed E-state index contributed by atoms with van der Waals surface area (Å²) in [5, 5.41) is 0. The van der Waals surface area contributed by atoms with Crippen LogP contribution in [0.15, 0.2) is 18.3 Å². The van der Waals surface area contributed by atoms with E-state index in [9.17, 15) is 9.59 Å². The van der Waals surface area contributed by atoms with Crippen molar-refractivity contribution in [1.29, 1.82) is 0 Å². The van der Waals surface area contributed by atoms with Gasteiger partial charge in [0.1, 0.15) is 11.9 Å². The first kappa shape index (κ1) is 15.2. The van der Waals surface area contributed by atoms with Gasteiger partial charge < -0.3 is 16.4 Å². The fraction of sp³-hybridized carbons (Fsp3) is 0.500. The number of carbonyl (C=O) groups excluding carboxylic acids is 2. The largest absolute Gasteiger partial charge is 0.383 e. The maximum Gasteiger partial charge on any atom is 0.258 e. The Labute approximate surface area is 123 Å². The SMILES string of the molecule is CC(C)N1CCN(C(=O)c2cccnc2N)[C@@H](C(N)=O)C1. The summed E-state index contributed by atoms with van der Waals surface area (Å²) >= 11 is 0.